The Morgan fingerprint density at radius 1 is 1.17 bits per heavy atom. The van der Waals surface area contributed by atoms with Crippen molar-refractivity contribution in [2.24, 2.45) is 0 Å². The molecule has 0 fully saturated rings. The predicted molar refractivity (Wildman–Crippen MR) is 106 cm³/mol. The number of hydrogen-bond donors (Lipinski definition) is 1. The van der Waals surface area contributed by atoms with Crippen molar-refractivity contribution < 1.29 is 18.1 Å². The number of rotatable bonds is 5. The van der Waals surface area contributed by atoms with E-state index in [2.05, 4.69) is 15.5 Å². The summed E-state index contributed by atoms with van der Waals surface area (Å²) < 4.78 is 32.7. The SMILES string of the molecule is O=C(CCn1cnc2onc(-c3ccc(F)cc3)c2c1=O)Nc1ccc(F)c(Cl)c1. The van der Waals surface area contributed by atoms with E-state index < -0.39 is 23.1 Å². The van der Waals surface area contributed by atoms with Crippen molar-refractivity contribution in [3.05, 3.63) is 75.8 Å². The molecule has 0 radical (unpaired) electrons. The number of halogens is 3. The fraction of sp³-hybridized carbons (Fsp3) is 0.100. The molecule has 2 aromatic heterocycles. The molecular formula is C20H13ClF2N4O3. The third-order valence-electron chi connectivity index (χ3n) is 4.36. The van der Waals surface area contributed by atoms with Gasteiger partial charge in [-0.05, 0) is 42.5 Å². The van der Waals surface area contributed by atoms with Crippen molar-refractivity contribution >= 4 is 34.3 Å². The quantitative estimate of drug-likeness (QED) is 0.516. The Morgan fingerprint density at radius 3 is 2.67 bits per heavy atom. The maximum absolute atomic E-state index is 13.2. The molecule has 0 saturated carbocycles. The Labute approximate surface area is 172 Å². The Morgan fingerprint density at radius 2 is 1.93 bits per heavy atom. The molecule has 4 rings (SSSR count). The number of carbonyl (C=O) groups is 1. The van der Waals surface area contributed by atoms with Crippen LogP contribution in [0.5, 0.6) is 0 Å². The normalized spacial score (nSPS) is 11.0. The van der Waals surface area contributed by atoms with Crippen LogP contribution in [0.4, 0.5) is 14.5 Å². The molecule has 1 amide bonds. The number of benzene rings is 2. The van der Waals surface area contributed by atoms with Crippen LogP contribution >= 0.6 is 11.6 Å². The molecule has 1 N–H and O–H groups in total. The Bertz CT molecular complexity index is 1300. The van der Waals surface area contributed by atoms with E-state index in [0.29, 0.717) is 11.3 Å². The molecule has 0 aliphatic rings. The second-order valence-corrected chi connectivity index (χ2v) is 6.80. The number of hydrogen-bond acceptors (Lipinski definition) is 5. The highest BCUT2D eigenvalue weighted by molar-refractivity contribution is 6.31. The van der Waals surface area contributed by atoms with E-state index >= 15 is 0 Å². The number of fused-ring (bicyclic) bond motifs is 1. The summed E-state index contributed by atoms with van der Waals surface area (Å²) in [5, 5.41) is 6.47. The first kappa shape index (κ1) is 19.7. The Balaban J connectivity index is 1.54. The first-order valence-electron chi connectivity index (χ1n) is 8.78. The Kier molecular flexibility index (Phi) is 5.28. The van der Waals surface area contributed by atoms with Gasteiger partial charge in [-0.3, -0.25) is 14.2 Å². The van der Waals surface area contributed by atoms with Gasteiger partial charge in [0.1, 0.15) is 29.0 Å². The summed E-state index contributed by atoms with van der Waals surface area (Å²) in [7, 11) is 0. The van der Waals surface area contributed by atoms with Crippen molar-refractivity contribution in [1.82, 2.24) is 14.7 Å². The molecule has 0 saturated heterocycles. The van der Waals surface area contributed by atoms with Gasteiger partial charge in [0.2, 0.25) is 5.91 Å². The molecule has 152 valence electrons. The molecular weight excluding hydrogens is 418 g/mol. The minimum Gasteiger partial charge on any atom is -0.335 e. The maximum atomic E-state index is 13.2. The predicted octanol–water partition coefficient (Wildman–Crippen LogP) is 4.01. The van der Waals surface area contributed by atoms with Crippen molar-refractivity contribution in [2.45, 2.75) is 13.0 Å². The number of aromatic nitrogens is 3. The molecule has 0 bridgehead atoms. The zero-order chi connectivity index (χ0) is 21.3. The number of carbonyl (C=O) groups excluding carboxylic acids is 1. The third-order valence-corrected chi connectivity index (χ3v) is 4.65. The van der Waals surface area contributed by atoms with E-state index in [1.165, 1.54) is 47.3 Å². The van der Waals surface area contributed by atoms with Gasteiger partial charge in [0.05, 0.1) is 5.02 Å². The number of aryl methyl sites for hydroxylation is 1. The largest absolute Gasteiger partial charge is 0.335 e. The van der Waals surface area contributed by atoms with Gasteiger partial charge >= 0.3 is 0 Å². The minimum absolute atomic E-state index is 0.0383. The van der Waals surface area contributed by atoms with Crippen LogP contribution in [0, 0.1) is 11.6 Å². The van der Waals surface area contributed by atoms with Crippen molar-refractivity contribution in [3.63, 3.8) is 0 Å². The molecule has 10 heteroatoms. The van der Waals surface area contributed by atoms with E-state index in [4.69, 9.17) is 16.1 Å². The molecule has 7 nitrogen and oxygen atoms in total. The molecule has 0 unspecified atom stereocenters. The van der Waals surface area contributed by atoms with Crippen LogP contribution in [0.15, 0.2) is 58.1 Å². The first-order chi connectivity index (χ1) is 14.4. The highest BCUT2D eigenvalue weighted by Crippen LogP contribution is 2.24. The van der Waals surface area contributed by atoms with Gasteiger partial charge in [-0.15, -0.1) is 0 Å². The van der Waals surface area contributed by atoms with Crippen molar-refractivity contribution in [1.29, 1.82) is 0 Å². The average molecular weight is 431 g/mol. The van der Waals surface area contributed by atoms with Crippen molar-refractivity contribution in [3.8, 4) is 11.3 Å². The van der Waals surface area contributed by atoms with Gasteiger partial charge < -0.3 is 9.84 Å². The van der Waals surface area contributed by atoms with Crippen LogP contribution in [-0.2, 0) is 11.3 Å². The monoisotopic (exact) mass is 430 g/mol. The minimum atomic E-state index is -0.591. The molecule has 4 aromatic rings. The summed E-state index contributed by atoms with van der Waals surface area (Å²) in [6, 6.07) is 9.26. The molecule has 0 spiro atoms. The summed E-state index contributed by atoms with van der Waals surface area (Å²) in [5.74, 6) is -1.41. The Hall–Kier alpha value is -3.59. The second kappa shape index (κ2) is 8.03. The summed E-state index contributed by atoms with van der Waals surface area (Å²) in [6.45, 7) is 0.0383. The lowest BCUT2D eigenvalue weighted by Gasteiger charge is -2.07. The molecule has 0 atom stereocenters. The third kappa shape index (κ3) is 3.92. The summed E-state index contributed by atoms with van der Waals surface area (Å²) in [6.07, 6.45) is 1.21. The van der Waals surface area contributed by atoms with Crippen LogP contribution in [0.3, 0.4) is 0 Å². The number of nitrogens with one attached hydrogen (secondary N) is 1. The summed E-state index contributed by atoms with van der Waals surface area (Å²) in [5.41, 5.74) is 0.670. The molecule has 0 aliphatic heterocycles. The second-order valence-electron chi connectivity index (χ2n) is 6.39. The fourth-order valence-electron chi connectivity index (χ4n) is 2.86. The van der Waals surface area contributed by atoms with Gasteiger partial charge in [0.25, 0.3) is 11.3 Å². The van der Waals surface area contributed by atoms with E-state index in [9.17, 15) is 18.4 Å². The molecule has 2 aromatic carbocycles. The van der Waals surface area contributed by atoms with E-state index in [-0.39, 0.29) is 34.8 Å². The van der Waals surface area contributed by atoms with Crippen LogP contribution < -0.4 is 10.9 Å². The molecule has 30 heavy (non-hydrogen) atoms. The van der Waals surface area contributed by atoms with Gasteiger partial charge in [0.15, 0.2) is 0 Å². The lowest BCUT2D eigenvalue weighted by Crippen LogP contribution is -2.23. The zero-order valence-electron chi connectivity index (χ0n) is 15.2. The van der Waals surface area contributed by atoms with Gasteiger partial charge in [-0.2, -0.15) is 0 Å². The van der Waals surface area contributed by atoms with E-state index in [1.807, 2.05) is 0 Å². The van der Waals surface area contributed by atoms with E-state index in [0.717, 1.165) is 6.07 Å². The highest BCUT2D eigenvalue weighted by Gasteiger charge is 2.17. The van der Waals surface area contributed by atoms with Gasteiger partial charge in [-0.1, -0.05) is 16.8 Å². The zero-order valence-corrected chi connectivity index (χ0v) is 16.0. The van der Waals surface area contributed by atoms with Crippen LogP contribution in [0.1, 0.15) is 6.42 Å². The smallest absolute Gasteiger partial charge is 0.266 e. The van der Waals surface area contributed by atoms with Gasteiger partial charge in [0, 0.05) is 24.2 Å². The lowest BCUT2D eigenvalue weighted by molar-refractivity contribution is -0.116. The lowest BCUT2D eigenvalue weighted by atomic mass is 10.1. The van der Waals surface area contributed by atoms with E-state index in [1.54, 1.807) is 0 Å². The van der Waals surface area contributed by atoms with Crippen LogP contribution in [-0.4, -0.2) is 20.6 Å². The highest BCUT2D eigenvalue weighted by atomic mass is 35.5. The molecule has 2 heterocycles. The van der Waals surface area contributed by atoms with Gasteiger partial charge in [-0.25, -0.2) is 13.8 Å². The van der Waals surface area contributed by atoms with Crippen LogP contribution in [0.25, 0.3) is 22.4 Å². The van der Waals surface area contributed by atoms with Crippen molar-refractivity contribution in [2.75, 3.05) is 5.32 Å². The number of amides is 1. The summed E-state index contributed by atoms with van der Waals surface area (Å²) >= 11 is 5.69. The first-order valence-corrected chi connectivity index (χ1v) is 9.16. The maximum Gasteiger partial charge on any atom is 0.266 e. The molecule has 0 aliphatic carbocycles. The number of nitrogens with zero attached hydrogens (tertiary/aromatic N) is 3. The fourth-order valence-corrected chi connectivity index (χ4v) is 3.04. The average Bonchev–Trinajstić information content (AvgIpc) is 3.16. The van der Waals surface area contributed by atoms with Crippen LogP contribution in [0.2, 0.25) is 5.02 Å². The number of anilines is 1. The summed E-state index contributed by atoms with van der Waals surface area (Å²) in [4.78, 5) is 29.1. The standard InChI is InChI=1S/C20H13ClF2N4O3/c21-14-9-13(5-6-15(14)23)25-16(28)7-8-27-10-24-19-17(20(27)29)18(26-30-19)11-1-3-12(22)4-2-11/h1-6,9-10H,7-8H2,(H,25,28). The topological polar surface area (TPSA) is 90.0 Å².